The van der Waals surface area contributed by atoms with E-state index < -0.39 is 0 Å². The number of benzene rings is 2. The molecule has 36 heavy (non-hydrogen) atoms. The molecule has 2 amide bonds. The Balaban J connectivity index is 1.15. The molecule has 2 N–H and O–H groups in total. The summed E-state index contributed by atoms with van der Waals surface area (Å²) in [6.07, 6.45) is 5.12. The number of amides is 2. The van der Waals surface area contributed by atoms with Crippen molar-refractivity contribution in [2.24, 2.45) is 18.9 Å². The SMILES string of the molecule is CCc1cc(NC(=O)N2CC3CCC(NCCCc4ccc(F)cc4)C3C2)cc(-c2nnnn2C)c1. The molecule has 3 aromatic rings. The van der Waals surface area contributed by atoms with Crippen molar-refractivity contribution in [3.05, 3.63) is 59.4 Å². The first-order valence-electron chi connectivity index (χ1n) is 12.9. The minimum Gasteiger partial charge on any atom is -0.324 e. The molecule has 2 aromatic carbocycles. The van der Waals surface area contributed by atoms with Crippen LogP contribution in [0.1, 0.15) is 37.3 Å². The van der Waals surface area contributed by atoms with E-state index in [-0.39, 0.29) is 11.8 Å². The summed E-state index contributed by atoms with van der Waals surface area (Å²) in [7, 11) is 1.81. The van der Waals surface area contributed by atoms with Crippen molar-refractivity contribution in [2.45, 2.75) is 45.1 Å². The van der Waals surface area contributed by atoms with Gasteiger partial charge in [0.1, 0.15) is 5.82 Å². The molecule has 3 unspecified atom stereocenters. The third-order valence-corrected chi connectivity index (χ3v) is 7.64. The molecule has 8 nitrogen and oxygen atoms in total. The smallest absolute Gasteiger partial charge is 0.321 e. The van der Waals surface area contributed by atoms with E-state index in [1.54, 1.807) is 4.68 Å². The summed E-state index contributed by atoms with van der Waals surface area (Å²) >= 11 is 0. The number of carbonyl (C=O) groups is 1. The number of hydrogen-bond donors (Lipinski definition) is 2. The average molecular weight is 492 g/mol. The van der Waals surface area contributed by atoms with Crippen LogP contribution in [0, 0.1) is 17.7 Å². The fourth-order valence-electron chi connectivity index (χ4n) is 5.69. The summed E-state index contributed by atoms with van der Waals surface area (Å²) in [5.74, 6) is 1.52. The predicted molar refractivity (Wildman–Crippen MR) is 137 cm³/mol. The van der Waals surface area contributed by atoms with Crippen molar-refractivity contribution >= 4 is 11.7 Å². The number of hydrogen-bond acceptors (Lipinski definition) is 5. The second-order valence-corrected chi connectivity index (χ2v) is 10.0. The van der Waals surface area contributed by atoms with Crippen LogP contribution in [0.25, 0.3) is 11.4 Å². The van der Waals surface area contributed by atoms with Gasteiger partial charge in [0.25, 0.3) is 0 Å². The fourth-order valence-corrected chi connectivity index (χ4v) is 5.69. The van der Waals surface area contributed by atoms with Gasteiger partial charge in [0, 0.05) is 37.4 Å². The van der Waals surface area contributed by atoms with Crippen LogP contribution in [0.3, 0.4) is 0 Å². The Morgan fingerprint density at radius 3 is 2.69 bits per heavy atom. The zero-order valence-electron chi connectivity index (χ0n) is 21.0. The van der Waals surface area contributed by atoms with E-state index in [1.165, 1.54) is 12.1 Å². The number of rotatable bonds is 8. The van der Waals surface area contributed by atoms with Crippen LogP contribution in [0.5, 0.6) is 0 Å². The molecule has 2 fully saturated rings. The summed E-state index contributed by atoms with van der Waals surface area (Å²) in [5, 5.41) is 18.6. The summed E-state index contributed by atoms with van der Waals surface area (Å²) in [5.41, 5.74) is 3.94. The molecule has 2 aliphatic rings. The van der Waals surface area contributed by atoms with Gasteiger partial charge in [-0.25, -0.2) is 13.9 Å². The number of nitrogens with one attached hydrogen (secondary N) is 2. The number of anilines is 1. The van der Waals surface area contributed by atoms with Crippen molar-refractivity contribution in [1.82, 2.24) is 30.4 Å². The molecule has 1 aliphatic carbocycles. The van der Waals surface area contributed by atoms with Crippen molar-refractivity contribution in [3.63, 3.8) is 0 Å². The first kappa shape index (κ1) is 24.4. The van der Waals surface area contributed by atoms with E-state index >= 15 is 0 Å². The van der Waals surface area contributed by atoms with Gasteiger partial charge in [-0.3, -0.25) is 0 Å². The monoisotopic (exact) mass is 491 g/mol. The second kappa shape index (κ2) is 10.7. The second-order valence-electron chi connectivity index (χ2n) is 10.0. The molecule has 5 rings (SSSR count). The molecule has 0 bridgehead atoms. The minimum absolute atomic E-state index is 0.0465. The maximum atomic E-state index is 13.2. The normalized spacial score (nSPS) is 21.1. The lowest BCUT2D eigenvalue weighted by Gasteiger charge is -2.22. The molecule has 1 saturated heterocycles. The number of fused-ring (bicyclic) bond motifs is 1. The lowest BCUT2D eigenvalue weighted by molar-refractivity contribution is 0.217. The molecule has 0 radical (unpaired) electrons. The van der Waals surface area contributed by atoms with Gasteiger partial charge in [-0.1, -0.05) is 19.1 Å². The number of carbonyl (C=O) groups excluding carboxylic acids is 1. The Kier molecular flexibility index (Phi) is 7.27. The highest BCUT2D eigenvalue weighted by Gasteiger charge is 2.43. The van der Waals surface area contributed by atoms with Crippen LogP contribution < -0.4 is 10.6 Å². The van der Waals surface area contributed by atoms with Crippen LogP contribution >= 0.6 is 0 Å². The number of likely N-dealkylation sites (tertiary alicyclic amines) is 1. The molecule has 1 aromatic heterocycles. The maximum Gasteiger partial charge on any atom is 0.321 e. The Labute approximate surface area is 211 Å². The van der Waals surface area contributed by atoms with Gasteiger partial charge >= 0.3 is 6.03 Å². The number of aromatic nitrogens is 4. The molecular formula is C27H34FN7O. The van der Waals surface area contributed by atoms with Gasteiger partial charge in [0.2, 0.25) is 0 Å². The standard InChI is InChI=1S/C27H34FN7O/c1-3-18-13-21(26-31-32-33-34(26)2)15-23(14-18)30-27(36)35-16-20-8-11-25(24(20)17-35)29-12-4-5-19-6-9-22(28)10-7-19/h6-7,9-10,13-15,20,24-25,29H,3-5,8,11-12,16-17H2,1-2H3,(H,30,36). The zero-order chi connectivity index (χ0) is 25.1. The summed E-state index contributed by atoms with van der Waals surface area (Å²) in [6.45, 7) is 4.60. The zero-order valence-corrected chi connectivity index (χ0v) is 21.0. The van der Waals surface area contributed by atoms with Gasteiger partial charge in [-0.05, 0) is 102 Å². The van der Waals surface area contributed by atoms with Crippen LogP contribution in [0.2, 0.25) is 0 Å². The molecule has 2 heterocycles. The Morgan fingerprint density at radius 2 is 1.94 bits per heavy atom. The predicted octanol–water partition coefficient (Wildman–Crippen LogP) is 4.04. The third-order valence-electron chi connectivity index (χ3n) is 7.64. The fraction of sp³-hybridized carbons (Fsp3) is 0.481. The molecule has 0 spiro atoms. The van der Waals surface area contributed by atoms with Crippen molar-refractivity contribution in [2.75, 3.05) is 25.0 Å². The van der Waals surface area contributed by atoms with Crippen molar-refractivity contribution in [1.29, 1.82) is 0 Å². The van der Waals surface area contributed by atoms with Gasteiger partial charge < -0.3 is 15.5 Å². The quantitative estimate of drug-likeness (QED) is 0.465. The average Bonchev–Trinajstić information content (AvgIpc) is 3.59. The molecule has 190 valence electrons. The molecule has 1 saturated carbocycles. The van der Waals surface area contributed by atoms with Gasteiger partial charge in [-0.15, -0.1) is 5.10 Å². The Hall–Kier alpha value is -3.33. The number of nitrogens with zero attached hydrogens (tertiary/aromatic N) is 5. The lowest BCUT2D eigenvalue weighted by Crippen LogP contribution is -2.38. The molecule has 9 heteroatoms. The third kappa shape index (κ3) is 5.41. The van der Waals surface area contributed by atoms with Crippen molar-refractivity contribution < 1.29 is 9.18 Å². The van der Waals surface area contributed by atoms with E-state index in [0.717, 1.165) is 74.1 Å². The van der Waals surface area contributed by atoms with Crippen LogP contribution in [-0.4, -0.2) is 56.8 Å². The minimum atomic E-state index is -0.190. The Bertz CT molecular complexity index is 1200. The lowest BCUT2D eigenvalue weighted by atomic mass is 9.97. The van der Waals surface area contributed by atoms with E-state index in [2.05, 4.69) is 39.1 Å². The van der Waals surface area contributed by atoms with Gasteiger partial charge in [-0.2, -0.15) is 0 Å². The van der Waals surface area contributed by atoms with Crippen molar-refractivity contribution in [3.8, 4) is 11.4 Å². The topological polar surface area (TPSA) is 88.0 Å². The maximum absolute atomic E-state index is 13.2. The molecule has 3 atom stereocenters. The first-order valence-corrected chi connectivity index (χ1v) is 12.9. The Morgan fingerprint density at radius 1 is 1.11 bits per heavy atom. The van der Waals surface area contributed by atoms with Gasteiger partial charge in [0.15, 0.2) is 5.82 Å². The van der Waals surface area contributed by atoms with Crippen LogP contribution in [0.15, 0.2) is 42.5 Å². The largest absolute Gasteiger partial charge is 0.324 e. The number of halogens is 1. The van der Waals surface area contributed by atoms with E-state index in [9.17, 15) is 9.18 Å². The highest BCUT2D eigenvalue weighted by atomic mass is 19.1. The van der Waals surface area contributed by atoms with Gasteiger partial charge in [0.05, 0.1) is 0 Å². The summed E-state index contributed by atoms with van der Waals surface area (Å²) in [4.78, 5) is 15.1. The van der Waals surface area contributed by atoms with Crippen LogP contribution in [0.4, 0.5) is 14.9 Å². The van der Waals surface area contributed by atoms with E-state index in [4.69, 9.17) is 0 Å². The summed E-state index contributed by atoms with van der Waals surface area (Å²) < 4.78 is 14.7. The van der Waals surface area contributed by atoms with E-state index in [1.807, 2.05) is 36.2 Å². The highest BCUT2D eigenvalue weighted by Crippen LogP contribution is 2.38. The highest BCUT2D eigenvalue weighted by molar-refractivity contribution is 5.90. The number of aryl methyl sites for hydroxylation is 3. The number of urea groups is 1. The number of tetrazole rings is 1. The molecular weight excluding hydrogens is 457 g/mol. The molecule has 1 aliphatic heterocycles. The van der Waals surface area contributed by atoms with E-state index in [0.29, 0.717) is 23.7 Å². The first-order chi connectivity index (χ1) is 17.5. The summed E-state index contributed by atoms with van der Waals surface area (Å²) in [6, 6.07) is 13.2. The van der Waals surface area contributed by atoms with Crippen LogP contribution in [-0.2, 0) is 19.9 Å².